The molecule has 2 aromatic heterocycles. The van der Waals surface area contributed by atoms with Crippen LogP contribution < -0.4 is 10.2 Å². The van der Waals surface area contributed by atoms with Gasteiger partial charge in [-0.1, -0.05) is 13.5 Å². The number of aromatic nitrogens is 4. The first kappa shape index (κ1) is 26.4. The second-order valence-electron chi connectivity index (χ2n) is 9.87. The van der Waals surface area contributed by atoms with E-state index in [0.29, 0.717) is 41.2 Å². The summed E-state index contributed by atoms with van der Waals surface area (Å²) in [6.45, 7) is 9.34. The van der Waals surface area contributed by atoms with Crippen molar-refractivity contribution in [3.05, 3.63) is 65.1 Å². The first-order chi connectivity index (χ1) is 18.7. The van der Waals surface area contributed by atoms with Gasteiger partial charge in [-0.2, -0.15) is 9.47 Å². The Bertz CT molecular complexity index is 1430. The van der Waals surface area contributed by atoms with Crippen LogP contribution in [-0.4, -0.2) is 65.1 Å². The number of anilines is 2. The van der Waals surface area contributed by atoms with Crippen LogP contribution in [0.3, 0.4) is 0 Å². The number of rotatable bonds is 9. The molecule has 1 saturated heterocycles. The van der Waals surface area contributed by atoms with E-state index in [1.807, 2.05) is 10.7 Å². The predicted octanol–water partition coefficient (Wildman–Crippen LogP) is 3.63. The molecule has 0 bridgehead atoms. The van der Waals surface area contributed by atoms with E-state index in [1.54, 1.807) is 11.8 Å². The summed E-state index contributed by atoms with van der Waals surface area (Å²) in [5.41, 5.74) is 1.81. The molecule has 5 rings (SSSR count). The summed E-state index contributed by atoms with van der Waals surface area (Å²) in [5.74, 6) is -0.924. The lowest BCUT2D eigenvalue weighted by molar-refractivity contribution is -0.132. The molecule has 39 heavy (non-hydrogen) atoms. The number of nitrogens with one attached hydrogen (secondary N) is 2. The van der Waals surface area contributed by atoms with Crippen molar-refractivity contribution in [3.8, 4) is 0 Å². The lowest BCUT2D eigenvalue weighted by atomic mass is 9.94. The summed E-state index contributed by atoms with van der Waals surface area (Å²) in [4.78, 5) is 31.9. The highest BCUT2D eigenvalue weighted by Gasteiger charge is 2.36. The van der Waals surface area contributed by atoms with Crippen molar-refractivity contribution >= 4 is 40.2 Å². The third kappa shape index (κ3) is 5.21. The molecule has 3 aliphatic rings. The summed E-state index contributed by atoms with van der Waals surface area (Å²) in [5, 5.41) is 36.8. The molecule has 13 heteroatoms. The third-order valence-corrected chi connectivity index (χ3v) is 7.61. The van der Waals surface area contributed by atoms with E-state index in [-0.39, 0.29) is 28.8 Å². The molecule has 0 unspecified atom stereocenters. The van der Waals surface area contributed by atoms with Crippen LogP contribution in [0.25, 0.3) is 0 Å². The number of hydrogen-bond donors (Lipinski definition) is 4. The van der Waals surface area contributed by atoms with Crippen molar-refractivity contribution in [2.24, 2.45) is 5.92 Å². The molecule has 12 nitrogen and oxygen atoms in total. The van der Waals surface area contributed by atoms with Crippen molar-refractivity contribution in [1.29, 1.82) is 5.41 Å². The van der Waals surface area contributed by atoms with Crippen LogP contribution in [-0.2, 0) is 16.1 Å². The molecule has 2 aliphatic heterocycles. The number of allylic oxidation sites excluding steroid dienone is 1. The van der Waals surface area contributed by atoms with Crippen molar-refractivity contribution in [2.75, 3.05) is 23.3 Å². The summed E-state index contributed by atoms with van der Waals surface area (Å²) in [7, 11) is 0. The first-order valence-electron chi connectivity index (χ1n) is 12.7. The number of amides is 1. The van der Waals surface area contributed by atoms with Gasteiger partial charge in [-0.3, -0.25) is 19.8 Å². The molecule has 0 radical (unpaired) electrons. The Kier molecular flexibility index (Phi) is 7.08. The van der Waals surface area contributed by atoms with E-state index in [4.69, 9.17) is 5.41 Å². The summed E-state index contributed by atoms with van der Waals surface area (Å²) >= 11 is 1.05. The van der Waals surface area contributed by atoms with Crippen LogP contribution in [0, 0.1) is 11.3 Å². The minimum Gasteiger partial charge on any atom is -0.506 e. The molecule has 0 atom stereocenters. The number of aliphatic hydroxyl groups excluding tert-OH is 1. The fourth-order valence-corrected chi connectivity index (χ4v) is 5.24. The number of carbonyl (C=O) groups is 2. The highest BCUT2D eigenvalue weighted by atomic mass is 32.1. The minimum absolute atomic E-state index is 0.131. The molecule has 0 aromatic carbocycles. The maximum absolute atomic E-state index is 12.8. The number of aliphatic hydroxyl groups is 1. The third-order valence-electron chi connectivity index (χ3n) is 6.95. The minimum atomic E-state index is -1.31. The number of carboxylic acids is 1. The van der Waals surface area contributed by atoms with Crippen LogP contribution in [0.2, 0.25) is 0 Å². The number of carbonyl (C=O) groups excluding carboxylic acids is 1. The van der Waals surface area contributed by atoms with Gasteiger partial charge in [-0.25, -0.2) is 9.78 Å². The van der Waals surface area contributed by atoms with Gasteiger partial charge in [-0.15, -0.1) is 0 Å². The Morgan fingerprint density at radius 2 is 2.08 bits per heavy atom. The van der Waals surface area contributed by atoms with Crippen molar-refractivity contribution in [2.45, 2.75) is 45.6 Å². The second kappa shape index (κ2) is 10.5. The van der Waals surface area contributed by atoms with Gasteiger partial charge >= 0.3 is 5.97 Å². The topological polar surface area (TPSA) is 161 Å². The lowest BCUT2D eigenvalue weighted by Gasteiger charge is -2.39. The van der Waals surface area contributed by atoms with E-state index < -0.39 is 11.7 Å². The van der Waals surface area contributed by atoms with Gasteiger partial charge in [0.05, 0.1) is 11.6 Å². The van der Waals surface area contributed by atoms with Crippen LogP contribution in [0.5, 0.6) is 0 Å². The maximum atomic E-state index is 12.8. The van der Waals surface area contributed by atoms with Gasteiger partial charge in [0.25, 0.3) is 0 Å². The SMILES string of the molecule is C=C1C(C(C)=CC(=N)N2CC(C(=O)Nc3cc(C4CC4)n(CCC)n3)C2)=C(O)C(C(=O)O)=CN1c1ncns1. The van der Waals surface area contributed by atoms with E-state index in [9.17, 15) is 19.8 Å². The highest BCUT2D eigenvalue weighted by Crippen LogP contribution is 2.41. The Labute approximate surface area is 229 Å². The number of aliphatic carboxylic acids is 1. The summed E-state index contributed by atoms with van der Waals surface area (Å²) < 4.78 is 5.94. The smallest absolute Gasteiger partial charge is 0.341 e. The van der Waals surface area contributed by atoms with Crippen LogP contribution in [0.1, 0.15) is 44.7 Å². The molecule has 4 heterocycles. The standard InChI is InChI=1S/C26H30N8O4S/c1-4-7-34-19(16-5-6-16)9-21(31-34)30-24(36)17-10-32(11-17)20(27)8-14(2)22-15(3)33(26-28-13-29-39-26)12-18(23(22)35)25(37)38/h8-9,12-13,16-17,27,35H,3-7,10-11H2,1-2H3,(H,37,38)(H,30,31,36). The Morgan fingerprint density at radius 3 is 2.69 bits per heavy atom. The van der Waals surface area contributed by atoms with Gasteiger partial charge in [-0.05, 0) is 37.8 Å². The van der Waals surface area contributed by atoms with Crippen LogP contribution in [0.4, 0.5) is 10.9 Å². The van der Waals surface area contributed by atoms with Crippen molar-refractivity contribution in [3.63, 3.8) is 0 Å². The maximum Gasteiger partial charge on any atom is 0.341 e. The number of carboxylic acid groups (broad SMARTS) is 1. The summed E-state index contributed by atoms with van der Waals surface area (Å²) in [6.07, 6.45) is 7.41. The Hall–Kier alpha value is -4.26. The normalized spacial score (nSPS) is 18.3. The molecular formula is C26H30N8O4S. The lowest BCUT2D eigenvalue weighted by Crippen LogP contribution is -2.53. The summed E-state index contributed by atoms with van der Waals surface area (Å²) in [6, 6.07) is 1.97. The van der Waals surface area contributed by atoms with Crippen LogP contribution in [0.15, 0.2) is 59.4 Å². The average Bonchev–Trinajstić information content (AvgIpc) is 3.38. The monoisotopic (exact) mass is 550 g/mol. The van der Waals surface area contributed by atoms with Gasteiger partial charge in [0, 0.05) is 60.6 Å². The van der Waals surface area contributed by atoms with E-state index in [0.717, 1.165) is 37.3 Å². The fraction of sp³-hybridized carbons (Fsp3) is 0.385. The average molecular weight is 551 g/mol. The Morgan fingerprint density at radius 1 is 1.33 bits per heavy atom. The number of likely N-dealkylation sites (tertiary alicyclic amines) is 1. The zero-order valence-corrected chi connectivity index (χ0v) is 22.5. The zero-order chi connectivity index (χ0) is 27.8. The van der Waals surface area contributed by atoms with Gasteiger partial charge in [0.2, 0.25) is 11.0 Å². The number of amidine groups is 1. The molecule has 204 valence electrons. The van der Waals surface area contributed by atoms with E-state index >= 15 is 0 Å². The Balaban J connectivity index is 1.24. The second-order valence-corrected chi connectivity index (χ2v) is 10.6. The highest BCUT2D eigenvalue weighted by molar-refractivity contribution is 7.09. The molecule has 1 amide bonds. The fourth-order valence-electron chi connectivity index (χ4n) is 4.70. The van der Waals surface area contributed by atoms with E-state index in [1.165, 1.54) is 29.2 Å². The molecule has 1 aliphatic carbocycles. The number of hydrogen-bond acceptors (Lipinski definition) is 9. The molecule has 2 aromatic rings. The molecule has 0 spiro atoms. The van der Waals surface area contributed by atoms with Gasteiger partial charge in [0.1, 0.15) is 23.5 Å². The van der Waals surface area contributed by atoms with Gasteiger partial charge in [0.15, 0.2) is 5.82 Å². The number of aryl methyl sites for hydroxylation is 1. The molecule has 2 fully saturated rings. The van der Waals surface area contributed by atoms with Gasteiger partial charge < -0.3 is 20.4 Å². The van der Waals surface area contributed by atoms with Crippen LogP contribution >= 0.6 is 11.5 Å². The molecule has 4 N–H and O–H groups in total. The van der Waals surface area contributed by atoms with E-state index in [2.05, 4.69) is 33.3 Å². The molecular weight excluding hydrogens is 520 g/mol. The van der Waals surface area contributed by atoms with Crippen molar-refractivity contribution in [1.82, 2.24) is 24.0 Å². The largest absolute Gasteiger partial charge is 0.506 e. The van der Waals surface area contributed by atoms with Crippen molar-refractivity contribution < 1.29 is 19.8 Å². The quantitative estimate of drug-likeness (QED) is 0.270. The predicted molar refractivity (Wildman–Crippen MR) is 147 cm³/mol. The number of nitrogens with zero attached hydrogens (tertiary/aromatic N) is 6. The zero-order valence-electron chi connectivity index (χ0n) is 21.7. The molecule has 1 saturated carbocycles. The first-order valence-corrected chi connectivity index (χ1v) is 13.5.